The van der Waals surface area contributed by atoms with E-state index in [1.54, 1.807) is 11.8 Å². The molecule has 3 rings (SSSR count). The minimum Gasteiger partial charge on any atom is -0.342 e. The van der Waals surface area contributed by atoms with Gasteiger partial charge in [0.15, 0.2) is 0 Å². The van der Waals surface area contributed by atoms with Gasteiger partial charge in [0.05, 0.1) is 6.42 Å². The molecule has 1 aliphatic rings. The molecule has 1 aromatic carbocycles. The Bertz CT molecular complexity index is 708. The zero-order chi connectivity index (χ0) is 17.8. The van der Waals surface area contributed by atoms with Crippen LogP contribution < -0.4 is 0 Å². The van der Waals surface area contributed by atoms with Crippen molar-refractivity contribution in [3.05, 3.63) is 48.0 Å². The summed E-state index contributed by atoms with van der Waals surface area (Å²) in [5.41, 5.74) is 1.09. The molecule has 2 heterocycles. The Morgan fingerprint density at radius 2 is 2.08 bits per heavy atom. The van der Waals surface area contributed by atoms with Crippen LogP contribution in [0, 0.1) is 0 Å². The summed E-state index contributed by atoms with van der Waals surface area (Å²) >= 11 is 1.72. The zero-order valence-corrected chi connectivity index (χ0v) is 16.1. The first kappa shape index (κ1) is 18.1. The monoisotopic (exact) mass is 357 g/mol. The molecule has 134 valence electrons. The third-order valence-corrected chi connectivity index (χ3v) is 5.65. The van der Waals surface area contributed by atoms with E-state index < -0.39 is 0 Å². The topological polar surface area (TPSA) is 38.1 Å². The zero-order valence-electron chi connectivity index (χ0n) is 15.3. The smallest absolute Gasteiger partial charge is 0.227 e. The number of aromatic nitrogens is 2. The number of rotatable bonds is 5. The average Bonchev–Trinajstić information content (AvgIpc) is 3.12. The minimum atomic E-state index is 0.226. The molecule has 0 N–H and O–H groups in total. The third kappa shape index (κ3) is 4.27. The summed E-state index contributed by atoms with van der Waals surface area (Å²) < 4.78 is 2.24. The van der Waals surface area contributed by atoms with Gasteiger partial charge >= 0.3 is 0 Å². The second kappa shape index (κ2) is 8.09. The fourth-order valence-electron chi connectivity index (χ4n) is 3.52. The van der Waals surface area contributed by atoms with Gasteiger partial charge in [-0.2, -0.15) is 0 Å². The highest BCUT2D eigenvalue weighted by Gasteiger charge is 2.27. The fraction of sp³-hybridized carbons (Fsp3) is 0.500. The van der Waals surface area contributed by atoms with E-state index in [9.17, 15) is 4.79 Å². The summed E-state index contributed by atoms with van der Waals surface area (Å²) in [5.74, 6) is 1.69. The number of benzene rings is 1. The molecule has 1 aliphatic heterocycles. The van der Waals surface area contributed by atoms with Gasteiger partial charge in [-0.3, -0.25) is 4.79 Å². The van der Waals surface area contributed by atoms with Gasteiger partial charge in [-0.25, -0.2) is 4.98 Å². The summed E-state index contributed by atoms with van der Waals surface area (Å²) in [7, 11) is 0. The summed E-state index contributed by atoms with van der Waals surface area (Å²) in [5, 5.41) is 0. The van der Waals surface area contributed by atoms with Gasteiger partial charge < -0.3 is 9.47 Å². The first-order valence-electron chi connectivity index (χ1n) is 9.02. The van der Waals surface area contributed by atoms with Crippen LogP contribution in [0.25, 0.3) is 0 Å². The molecule has 1 aromatic heterocycles. The van der Waals surface area contributed by atoms with E-state index in [0.29, 0.717) is 18.4 Å². The standard InChI is InChI=1S/C20H27N3OS/c1-15(2)23-12-10-21-20(23)17-5-4-11-22(14-17)19(24)13-16-6-8-18(25-3)9-7-16/h6-10,12,15,17H,4-5,11,13-14H2,1-3H3/t17-/m1/s1. The molecule has 4 nitrogen and oxygen atoms in total. The van der Waals surface area contributed by atoms with E-state index in [1.165, 1.54) is 4.90 Å². The van der Waals surface area contributed by atoms with Crippen molar-refractivity contribution in [1.29, 1.82) is 0 Å². The van der Waals surface area contributed by atoms with E-state index in [0.717, 1.165) is 37.3 Å². The van der Waals surface area contributed by atoms with Crippen molar-refractivity contribution >= 4 is 17.7 Å². The number of hydrogen-bond acceptors (Lipinski definition) is 3. The quantitative estimate of drug-likeness (QED) is 0.755. The number of thioether (sulfide) groups is 1. The lowest BCUT2D eigenvalue weighted by Gasteiger charge is -2.33. The Morgan fingerprint density at radius 1 is 1.32 bits per heavy atom. The van der Waals surface area contributed by atoms with Crippen LogP contribution in [0.5, 0.6) is 0 Å². The molecule has 0 unspecified atom stereocenters. The maximum atomic E-state index is 12.7. The second-order valence-corrected chi connectivity index (χ2v) is 7.87. The first-order chi connectivity index (χ1) is 12.1. The summed E-state index contributed by atoms with van der Waals surface area (Å²) in [6.45, 7) is 6.00. The van der Waals surface area contributed by atoms with Gasteiger partial charge in [-0.15, -0.1) is 11.8 Å². The first-order valence-corrected chi connectivity index (χ1v) is 10.2. The van der Waals surface area contributed by atoms with Crippen LogP contribution in [0.3, 0.4) is 0 Å². The molecule has 5 heteroatoms. The van der Waals surface area contributed by atoms with Gasteiger partial charge in [-0.1, -0.05) is 12.1 Å². The molecular formula is C20H27N3OS. The highest BCUT2D eigenvalue weighted by Crippen LogP contribution is 2.28. The van der Waals surface area contributed by atoms with Crippen LogP contribution in [0.4, 0.5) is 0 Å². The Kier molecular flexibility index (Phi) is 5.84. The summed E-state index contributed by atoms with van der Waals surface area (Å²) in [4.78, 5) is 20.6. The number of carbonyl (C=O) groups excluding carboxylic acids is 1. The molecule has 2 aromatic rings. The van der Waals surface area contributed by atoms with Crippen molar-refractivity contribution in [1.82, 2.24) is 14.5 Å². The lowest BCUT2D eigenvalue weighted by Crippen LogP contribution is -2.40. The Labute approximate surface area is 154 Å². The van der Waals surface area contributed by atoms with E-state index >= 15 is 0 Å². The maximum Gasteiger partial charge on any atom is 0.227 e. The highest BCUT2D eigenvalue weighted by atomic mass is 32.2. The van der Waals surface area contributed by atoms with Crippen LogP contribution in [0.1, 0.15) is 50.0 Å². The van der Waals surface area contributed by atoms with Gasteiger partial charge in [0.25, 0.3) is 0 Å². The highest BCUT2D eigenvalue weighted by molar-refractivity contribution is 7.98. The minimum absolute atomic E-state index is 0.226. The summed E-state index contributed by atoms with van der Waals surface area (Å²) in [6.07, 6.45) is 8.63. The largest absolute Gasteiger partial charge is 0.342 e. The van der Waals surface area contributed by atoms with Gasteiger partial charge in [0, 0.05) is 42.3 Å². The fourth-order valence-corrected chi connectivity index (χ4v) is 3.93. The molecule has 0 saturated carbocycles. The van der Waals surface area contributed by atoms with Crippen molar-refractivity contribution in [2.45, 2.75) is 50.0 Å². The van der Waals surface area contributed by atoms with Crippen LogP contribution in [0.2, 0.25) is 0 Å². The van der Waals surface area contributed by atoms with E-state index in [1.807, 2.05) is 17.3 Å². The molecule has 25 heavy (non-hydrogen) atoms. The number of hydrogen-bond donors (Lipinski definition) is 0. The molecule has 0 bridgehead atoms. The van der Waals surface area contributed by atoms with Gasteiger partial charge in [-0.05, 0) is 50.6 Å². The van der Waals surface area contributed by atoms with Crippen molar-refractivity contribution in [2.24, 2.45) is 0 Å². The van der Waals surface area contributed by atoms with Crippen LogP contribution >= 0.6 is 11.8 Å². The number of amides is 1. The lowest BCUT2D eigenvalue weighted by atomic mass is 9.96. The summed E-state index contributed by atoms with van der Waals surface area (Å²) in [6, 6.07) is 8.71. The molecule has 1 fully saturated rings. The van der Waals surface area contributed by atoms with Crippen LogP contribution in [0.15, 0.2) is 41.6 Å². The Morgan fingerprint density at radius 3 is 2.76 bits per heavy atom. The number of nitrogens with zero attached hydrogens (tertiary/aromatic N) is 3. The Hall–Kier alpha value is -1.75. The molecule has 0 spiro atoms. The van der Waals surface area contributed by atoms with Gasteiger partial charge in [0.2, 0.25) is 5.91 Å². The Balaban J connectivity index is 1.66. The number of carbonyl (C=O) groups is 1. The molecular weight excluding hydrogens is 330 g/mol. The predicted molar refractivity (Wildman–Crippen MR) is 103 cm³/mol. The van der Waals surface area contributed by atoms with Crippen molar-refractivity contribution in [3.63, 3.8) is 0 Å². The van der Waals surface area contributed by atoms with Gasteiger partial charge in [0.1, 0.15) is 5.82 Å². The van der Waals surface area contributed by atoms with Crippen molar-refractivity contribution in [3.8, 4) is 0 Å². The number of imidazole rings is 1. The normalized spacial score (nSPS) is 17.9. The molecule has 1 atom stereocenters. The van der Waals surface area contributed by atoms with E-state index in [-0.39, 0.29) is 5.91 Å². The number of likely N-dealkylation sites (tertiary alicyclic amines) is 1. The lowest BCUT2D eigenvalue weighted by molar-refractivity contribution is -0.131. The van der Waals surface area contributed by atoms with Crippen LogP contribution in [-0.2, 0) is 11.2 Å². The average molecular weight is 358 g/mol. The maximum absolute atomic E-state index is 12.7. The molecule has 0 radical (unpaired) electrons. The number of piperidine rings is 1. The molecule has 1 saturated heterocycles. The third-order valence-electron chi connectivity index (χ3n) is 4.91. The SMILES string of the molecule is CSc1ccc(CC(=O)N2CCC[C@@H](c3nccn3C(C)C)C2)cc1. The van der Waals surface area contributed by atoms with Crippen molar-refractivity contribution in [2.75, 3.05) is 19.3 Å². The van der Waals surface area contributed by atoms with E-state index in [2.05, 4.69) is 53.9 Å². The predicted octanol–water partition coefficient (Wildman–Crippen LogP) is 4.13. The van der Waals surface area contributed by atoms with Crippen LogP contribution in [-0.4, -0.2) is 39.7 Å². The van der Waals surface area contributed by atoms with Crippen molar-refractivity contribution < 1.29 is 4.79 Å². The second-order valence-electron chi connectivity index (χ2n) is 6.99. The molecule has 1 amide bonds. The van der Waals surface area contributed by atoms with E-state index in [4.69, 9.17) is 0 Å². The molecule has 0 aliphatic carbocycles.